The second-order valence-corrected chi connectivity index (χ2v) is 7.69. The van der Waals surface area contributed by atoms with Crippen LogP contribution in [-0.4, -0.2) is 22.9 Å². The third-order valence-electron chi connectivity index (χ3n) is 4.11. The van der Waals surface area contributed by atoms with Crippen molar-refractivity contribution in [1.82, 2.24) is 15.3 Å². The van der Waals surface area contributed by atoms with Gasteiger partial charge in [-0.05, 0) is 47.9 Å². The van der Waals surface area contributed by atoms with E-state index in [4.69, 9.17) is 0 Å². The van der Waals surface area contributed by atoms with Crippen LogP contribution in [0, 0.1) is 12.8 Å². The van der Waals surface area contributed by atoms with E-state index in [0.29, 0.717) is 12.3 Å². The number of benzene rings is 1. The molecule has 6 heteroatoms. The fourth-order valence-electron chi connectivity index (χ4n) is 2.90. The van der Waals surface area contributed by atoms with Crippen LogP contribution in [0.1, 0.15) is 30.8 Å². The van der Waals surface area contributed by atoms with Crippen LogP contribution in [0.4, 0.5) is 11.5 Å². The van der Waals surface area contributed by atoms with Crippen LogP contribution < -0.4 is 10.6 Å². The van der Waals surface area contributed by atoms with Crippen LogP contribution in [-0.2, 0) is 17.6 Å². The fraction of sp³-hybridized carbons (Fsp3) is 0.350. The molecule has 0 saturated carbocycles. The first-order chi connectivity index (χ1) is 12.5. The van der Waals surface area contributed by atoms with Crippen molar-refractivity contribution in [2.45, 2.75) is 33.6 Å². The number of rotatable bonds is 6. The number of amides is 1. The van der Waals surface area contributed by atoms with E-state index in [0.717, 1.165) is 39.5 Å². The van der Waals surface area contributed by atoms with Gasteiger partial charge in [0.2, 0.25) is 5.91 Å². The van der Waals surface area contributed by atoms with Crippen molar-refractivity contribution in [2.24, 2.45) is 5.92 Å². The number of thiophene rings is 1. The molecule has 2 N–H and O–H groups in total. The zero-order valence-corrected chi connectivity index (χ0v) is 16.4. The third kappa shape index (κ3) is 4.19. The van der Waals surface area contributed by atoms with E-state index in [2.05, 4.69) is 39.8 Å². The Morgan fingerprint density at radius 2 is 1.92 bits per heavy atom. The Hall–Kier alpha value is -2.47. The molecular formula is C20H24N4OS. The zero-order valence-electron chi connectivity index (χ0n) is 15.6. The van der Waals surface area contributed by atoms with Crippen molar-refractivity contribution in [1.29, 1.82) is 0 Å². The number of hydrogen-bond acceptors (Lipinski definition) is 5. The molecule has 0 unspecified atom stereocenters. The van der Waals surface area contributed by atoms with Gasteiger partial charge in [0, 0.05) is 12.7 Å². The SMILES string of the molecule is CNC(=O)Cc1ccc(Nc2nc(C)nc3scc(CC(C)C)c23)cc1. The van der Waals surface area contributed by atoms with Crippen molar-refractivity contribution >= 4 is 39.0 Å². The summed E-state index contributed by atoms with van der Waals surface area (Å²) in [6.45, 7) is 6.35. The molecule has 26 heavy (non-hydrogen) atoms. The van der Waals surface area contributed by atoms with Gasteiger partial charge in [-0.25, -0.2) is 9.97 Å². The van der Waals surface area contributed by atoms with Crippen molar-refractivity contribution in [3.05, 3.63) is 46.6 Å². The molecule has 0 saturated heterocycles. The van der Waals surface area contributed by atoms with Gasteiger partial charge in [0.15, 0.2) is 0 Å². The minimum absolute atomic E-state index is 0.00967. The molecule has 3 rings (SSSR count). The first-order valence-corrected chi connectivity index (χ1v) is 9.65. The summed E-state index contributed by atoms with van der Waals surface area (Å²) in [5, 5.41) is 9.39. The number of carbonyl (C=O) groups excluding carboxylic acids is 1. The van der Waals surface area contributed by atoms with Gasteiger partial charge in [0.25, 0.3) is 0 Å². The van der Waals surface area contributed by atoms with E-state index in [1.54, 1.807) is 18.4 Å². The number of likely N-dealkylation sites (N-methyl/N-ethyl adjacent to an activating group) is 1. The lowest BCUT2D eigenvalue weighted by Gasteiger charge is -2.11. The fourth-order valence-corrected chi connectivity index (χ4v) is 3.90. The number of aromatic nitrogens is 2. The molecule has 0 spiro atoms. The normalized spacial score (nSPS) is 11.1. The molecule has 0 fully saturated rings. The zero-order chi connectivity index (χ0) is 18.7. The second kappa shape index (κ2) is 7.83. The van der Waals surface area contributed by atoms with Gasteiger partial charge in [-0.2, -0.15) is 0 Å². The third-order valence-corrected chi connectivity index (χ3v) is 5.03. The van der Waals surface area contributed by atoms with Crippen LogP contribution in [0.3, 0.4) is 0 Å². The van der Waals surface area contributed by atoms with Gasteiger partial charge < -0.3 is 10.6 Å². The summed E-state index contributed by atoms with van der Waals surface area (Å²) < 4.78 is 0. The lowest BCUT2D eigenvalue weighted by molar-refractivity contribution is -0.119. The average molecular weight is 369 g/mol. The maximum Gasteiger partial charge on any atom is 0.224 e. The number of aryl methyl sites for hydroxylation is 1. The Bertz CT molecular complexity index is 915. The highest BCUT2D eigenvalue weighted by Crippen LogP contribution is 2.33. The Morgan fingerprint density at radius 1 is 1.19 bits per heavy atom. The monoisotopic (exact) mass is 368 g/mol. The summed E-state index contributed by atoms with van der Waals surface area (Å²) in [5.74, 6) is 2.19. The van der Waals surface area contributed by atoms with E-state index in [-0.39, 0.29) is 5.91 Å². The molecular weight excluding hydrogens is 344 g/mol. The van der Waals surface area contributed by atoms with Crippen molar-refractivity contribution < 1.29 is 4.79 Å². The lowest BCUT2D eigenvalue weighted by atomic mass is 10.0. The minimum atomic E-state index is 0.00967. The first kappa shape index (κ1) is 18.3. The van der Waals surface area contributed by atoms with Gasteiger partial charge in [-0.1, -0.05) is 26.0 Å². The van der Waals surface area contributed by atoms with Crippen LogP contribution in [0.15, 0.2) is 29.6 Å². The molecule has 136 valence electrons. The summed E-state index contributed by atoms with van der Waals surface area (Å²) in [6.07, 6.45) is 1.39. The summed E-state index contributed by atoms with van der Waals surface area (Å²) in [7, 11) is 1.65. The number of hydrogen-bond donors (Lipinski definition) is 2. The topological polar surface area (TPSA) is 66.9 Å². The summed E-state index contributed by atoms with van der Waals surface area (Å²) >= 11 is 1.67. The number of nitrogens with zero attached hydrogens (tertiary/aromatic N) is 2. The van der Waals surface area contributed by atoms with Gasteiger partial charge in [-0.3, -0.25) is 4.79 Å². The summed E-state index contributed by atoms with van der Waals surface area (Å²) in [4.78, 5) is 21.7. The first-order valence-electron chi connectivity index (χ1n) is 8.77. The van der Waals surface area contributed by atoms with Crippen LogP contribution in [0.5, 0.6) is 0 Å². The molecule has 1 amide bonds. The number of nitrogens with one attached hydrogen (secondary N) is 2. The number of anilines is 2. The van der Waals surface area contributed by atoms with Crippen LogP contribution in [0.2, 0.25) is 0 Å². The smallest absolute Gasteiger partial charge is 0.224 e. The average Bonchev–Trinajstić information content (AvgIpc) is 2.98. The standard InChI is InChI=1S/C20H24N4OS/c1-12(2)9-15-11-26-20-18(15)19(22-13(3)23-20)24-16-7-5-14(6-8-16)10-17(25)21-4/h5-8,11-12H,9-10H2,1-4H3,(H,21,25)(H,22,23,24). The predicted octanol–water partition coefficient (Wildman–Crippen LogP) is 4.23. The number of carbonyl (C=O) groups is 1. The predicted molar refractivity (Wildman–Crippen MR) is 108 cm³/mol. The number of fused-ring (bicyclic) bond motifs is 1. The van der Waals surface area contributed by atoms with Crippen molar-refractivity contribution in [2.75, 3.05) is 12.4 Å². The van der Waals surface area contributed by atoms with Crippen molar-refractivity contribution in [3.63, 3.8) is 0 Å². The van der Waals surface area contributed by atoms with Gasteiger partial charge in [0.1, 0.15) is 16.5 Å². The molecule has 0 aliphatic rings. The molecule has 0 aliphatic heterocycles. The van der Waals surface area contributed by atoms with Crippen LogP contribution in [0.25, 0.3) is 10.2 Å². The Labute approximate surface area is 157 Å². The molecule has 0 radical (unpaired) electrons. The van der Waals surface area contributed by atoms with Crippen molar-refractivity contribution in [3.8, 4) is 0 Å². The quantitative estimate of drug-likeness (QED) is 0.683. The highest BCUT2D eigenvalue weighted by atomic mass is 32.1. The molecule has 2 aromatic heterocycles. The maximum absolute atomic E-state index is 11.5. The molecule has 0 bridgehead atoms. The van der Waals surface area contributed by atoms with Gasteiger partial charge in [-0.15, -0.1) is 11.3 Å². The summed E-state index contributed by atoms with van der Waals surface area (Å²) in [6, 6.07) is 7.89. The Kier molecular flexibility index (Phi) is 5.52. The maximum atomic E-state index is 11.5. The second-order valence-electron chi connectivity index (χ2n) is 6.83. The molecule has 0 atom stereocenters. The Morgan fingerprint density at radius 3 is 2.58 bits per heavy atom. The molecule has 2 heterocycles. The van der Waals surface area contributed by atoms with E-state index < -0.39 is 0 Å². The highest BCUT2D eigenvalue weighted by Gasteiger charge is 2.14. The minimum Gasteiger partial charge on any atom is -0.359 e. The van der Waals surface area contributed by atoms with E-state index in [9.17, 15) is 4.79 Å². The highest BCUT2D eigenvalue weighted by molar-refractivity contribution is 7.17. The molecule has 0 aliphatic carbocycles. The molecule has 3 aromatic rings. The Balaban J connectivity index is 1.90. The van der Waals surface area contributed by atoms with E-state index in [1.165, 1.54) is 5.56 Å². The molecule has 5 nitrogen and oxygen atoms in total. The van der Waals surface area contributed by atoms with E-state index >= 15 is 0 Å². The van der Waals surface area contributed by atoms with E-state index in [1.807, 2.05) is 31.2 Å². The van der Waals surface area contributed by atoms with Gasteiger partial charge in [0.05, 0.1) is 11.8 Å². The lowest BCUT2D eigenvalue weighted by Crippen LogP contribution is -2.19. The van der Waals surface area contributed by atoms with Gasteiger partial charge >= 0.3 is 0 Å². The molecule has 1 aromatic carbocycles. The van der Waals surface area contributed by atoms with Crippen LogP contribution >= 0.6 is 11.3 Å². The summed E-state index contributed by atoms with van der Waals surface area (Å²) in [5.41, 5.74) is 3.22. The largest absolute Gasteiger partial charge is 0.359 e.